The van der Waals surface area contributed by atoms with E-state index in [0.717, 1.165) is 22.2 Å². The lowest BCUT2D eigenvalue weighted by atomic mass is 10.2. The smallest absolute Gasteiger partial charge is 0.251 e. The molecule has 6 nitrogen and oxygen atoms in total. The third-order valence-corrected chi connectivity index (χ3v) is 4.59. The van der Waals surface area contributed by atoms with Gasteiger partial charge in [0.2, 0.25) is 0 Å². The molecule has 1 N–H and O–H groups in total. The SMILES string of the molecule is CCCOc1c(Cl)cc(C(=O)NCc2cn3cc(Br)ccc3n2)cc1OC. The lowest BCUT2D eigenvalue weighted by Gasteiger charge is -2.13. The van der Waals surface area contributed by atoms with Crippen molar-refractivity contribution in [1.82, 2.24) is 14.7 Å². The number of hydrogen-bond donors (Lipinski definition) is 1. The zero-order valence-electron chi connectivity index (χ0n) is 15.0. The molecule has 142 valence electrons. The fraction of sp³-hybridized carbons (Fsp3) is 0.263. The van der Waals surface area contributed by atoms with Crippen LogP contribution in [0.25, 0.3) is 5.65 Å². The molecule has 0 saturated carbocycles. The molecule has 0 saturated heterocycles. The minimum Gasteiger partial charge on any atom is -0.493 e. The zero-order chi connectivity index (χ0) is 19.4. The molecule has 0 spiro atoms. The summed E-state index contributed by atoms with van der Waals surface area (Å²) < 4.78 is 13.8. The van der Waals surface area contributed by atoms with E-state index in [1.165, 1.54) is 7.11 Å². The number of benzene rings is 1. The minimum atomic E-state index is -0.268. The number of rotatable bonds is 7. The molecule has 0 atom stereocenters. The maximum Gasteiger partial charge on any atom is 0.251 e. The van der Waals surface area contributed by atoms with Gasteiger partial charge in [-0.2, -0.15) is 0 Å². The fourth-order valence-corrected chi connectivity index (χ4v) is 3.19. The highest BCUT2D eigenvalue weighted by atomic mass is 79.9. The van der Waals surface area contributed by atoms with Gasteiger partial charge in [0.1, 0.15) is 5.65 Å². The number of carbonyl (C=O) groups is 1. The van der Waals surface area contributed by atoms with Gasteiger partial charge in [-0.25, -0.2) is 4.98 Å². The van der Waals surface area contributed by atoms with Gasteiger partial charge >= 0.3 is 0 Å². The lowest BCUT2D eigenvalue weighted by Crippen LogP contribution is -2.23. The highest BCUT2D eigenvalue weighted by Crippen LogP contribution is 2.36. The van der Waals surface area contributed by atoms with Gasteiger partial charge in [-0.3, -0.25) is 4.79 Å². The van der Waals surface area contributed by atoms with Crippen molar-refractivity contribution in [2.75, 3.05) is 13.7 Å². The molecule has 2 aromatic heterocycles. The molecule has 0 aliphatic carbocycles. The van der Waals surface area contributed by atoms with E-state index in [0.29, 0.717) is 35.2 Å². The second kappa shape index (κ2) is 8.63. The number of carbonyl (C=O) groups excluding carboxylic acids is 1. The van der Waals surface area contributed by atoms with Crippen LogP contribution < -0.4 is 14.8 Å². The molecule has 0 aliphatic rings. The van der Waals surface area contributed by atoms with Crippen molar-refractivity contribution in [3.63, 3.8) is 0 Å². The molecule has 0 aliphatic heterocycles. The molecule has 2 heterocycles. The lowest BCUT2D eigenvalue weighted by molar-refractivity contribution is 0.0950. The third kappa shape index (κ3) is 4.54. The van der Waals surface area contributed by atoms with Crippen LogP contribution in [0.5, 0.6) is 11.5 Å². The number of methoxy groups -OCH3 is 1. The van der Waals surface area contributed by atoms with E-state index in [4.69, 9.17) is 21.1 Å². The van der Waals surface area contributed by atoms with Crippen LogP contribution in [0.4, 0.5) is 0 Å². The summed E-state index contributed by atoms with van der Waals surface area (Å²) in [5, 5.41) is 3.19. The highest BCUT2D eigenvalue weighted by Gasteiger charge is 2.16. The van der Waals surface area contributed by atoms with E-state index in [9.17, 15) is 4.79 Å². The Morgan fingerprint density at radius 3 is 2.89 bits per heavy atom. The van der Waals surface area contributed by atoms with Crippen molar-refractivity contribution < 1.29 is 14.3 Å². The quantitative estimate of drug-likeness (QED) is 0.574. The molecule has 0 unspecified atom stereocenters. The van der Waals surface area contributed by atoms with Gasteiger partial charge in [0.25, 0.3) is 5.91 Å². The van der Waals surface area contributed by atoms with Gasteiger partial charge in [-0.05, 0) is 46.6 Å². The summed E-state index contributed by atoms with van der Waals surface area (Å²) >= 11 is 9.70. The number of nitrogens with one attached hydrogen (secondary N) is 1. The first kappa shape index (κ1) is 19.5. The van der Waals surface area contributed by atoms with Gasteiger partial charge in [-0.1, -0.05) is 18.5 Å². The molecule has 0 bridgehead atoms. The number of nitrogens with zero attached hydrogens (tertiary/aromatic N) is 2. The summed E-state index contributed by atoms with van der Waals surface area (Å²) in [5.41, 5.74) is 1.96. The molecule has 27 heavy (non-hydrogen) atoms. The summed E-state index contributed by atoms with van der Waals surface area (Å²) in [4.78, 5) is 17.0. The molecule has 1 amide bonds. The van der Waals surface area contributed by atoms with Crippen molar-refractivity contribution in [3.8, 4) is 11.5 Å². The van der Waals surface area contributed by atoms with Crippen LogP contribution in [0.2, 0.25) is 5.02 Å². The molecule has 8 heteroatoms. The van der Waals surface area contributed by atoms with Crippen LogP contribution >= 0.6 is 27.5 Å². The Bertz CT molecular complexity index is 974. The molecular formula is C19H19BrClN3O3. The molecular weight excluding hydrogens is 434 g/mol. The average Bonchev–Trinajstić information content (AvgIpc) is 3.06. The van der Waals surface area contributed by atoms with E-state index in [-0.39, 0.29) is 5.91 Å². The minimum absolute atomic E-state index is 0.268. The molecule has 0 radical (unpaired) electrons. The monoisotopic (exact) mass is 451 g/mol. The number of halogens is 2. The predicted molar refractivity (Wildman–Crippen MR) is 108 cm³/mol. The van der Waals surface area contributed by atoms with Gasteiger partial charge < -0.3 is 19.2 Å². The van der Waals surface area contributed by atoms with Gasteiger partial charge in [0.15, 0.2) is 11.5 Å². The van der Waals surface area contributed by atoms with Crippen molar-refractivity contribution in [3.05, 3.63) is 57.4 Å². The van der Waals surface area contributed by atoms with Crippen LogP contribution in [0.3, 0.4) is 0 Å². The highest BCUT2D eigenvalue weighted by molar-refractivity contribution is 9.10. The van der Waals surface area contributed by atoms with Gasteiger partial charge in [0.05, 0.1) is 31.0 Å². The largest absolute Gasteiger partial charge is 0.493 e. The van der Waals surface area contributed by atoms with Crippen molar-refractivity contribution >= 4 is 39.1 Å². The summed E-state index contributed by atoms with van der Waals surface area (Å²) in [7, 11) is 1.51. The van der Waals surface area contributed by atoms with E-state index in [1.807, 2.05) is 35.9 Å². The third-order valence-electron chi connectivity index (χ3n) is 3.84. The molecule has 3 aromatic rings. The summed E-state index contributed by atoms with van der Waals surface area (Å²) in [5.74, 6) is 0.609. The maximum absolute atomic E-state index is 12.5. The van der Waals surface area contributed by atoms with Crippen LogP contribution in [-0.4, -0.2) is 29.0 Å². The Morgan fingerprint density at radius 1 is 1.33 bits per heavy atom. The number of imidazole rings is 1. The number of fused-ring (bicyclic) bond motifs is 1. The van der Waals surface area contributed by atoms with Crippen LogP contribution in [0, 0.1) is 0 Å². The first-order valence-electron chi connectivity index (χ1n) is 8.43. The fourth-order valence-electron chi connectivity index (χ4n) is 2.57. The van der Waals surface area contributed by atoms with E-state index in [2.05, 4.69) is 26.2 Å². The van der Waals surface area contributed by atoms with Gasteiger partial charge in [-0.15, -0.1) is 0 Å². The summed E-state index contributed by atoms with van der Waals surface area (Å²) in [6, 6.07) is 7.01. The Morgan fingerprint density at radius 2 is 2.15 bits per heavy atom. The Labute approximate surface area is 170 Å². The second-order valence-corrected chi connectivity index (χ2v) is 7.19. The molecule has 0 fully saturated rings. The molecule has 3 rings (SSSR count). The standard InChI is InChI=1S/C19H19BrClN3O3/c1-3-6-27-18-15(21)7-12(8-16(18)26-2)19(25)22-9-14-11-24-10-13(20)4-5-17(24)23-14/h4-5,7-8,10-11H,3,6,9H2,1-2H3,(H,22,25). The first-order valence-corrected chi connectivity index (χ1v) is 9.60. The van der Waals surface area contributed by atoms with E-state index < -0.39 is 0 Å². The van der Waals surface area contributed by atoms with E-state index in [1.54, 1.807) is 12.1 Å². The van der Waals surface area contributed by atoms with Crippen LogP contribution in [0.15, 0.2) is 41.1 Å². The number of pyridine rings is 1. The number of hydrogen-bond acceptors (Lipinski definition) is 4. The average molecular weight is 453 g/mol. The Hall–Kier alpha value is -2.25. The van der Waals surface area contributed by atoms with Crippen molar-refractivity contribution in [2.24, 2.45) is 0 Å². The van der Waals surface area contributed by atoms with Crippen LogP contribution in [0.1, 0.15) is 29.4 Å². The van der Waals surface area contributed by atoms with Crippen LogP contribution in [-0.2, 0) is 6.54 Å². The van der Waals surface area contributed by atoms with Crippen molar-refractivity contribution in [1.29, 1.82) is 0 Å². The summed E-state index contributed by atoms with van der Waals surface area (Å²) in [6.45, 7) is 2.82. The topological polar surface area (TPSA) is 64.9 Å². The number of amides is 1. The second-order valence-electron chi connectivity index (χ2n) is 5.87. The predicted octanol–water partition coefficient (Wildman–Crippen LogP) is 4.48. The molecule has 1 aromatic carbocycles. The maximum atomic E-state index is 12.5. The zero-order valence-corrected chi connectivity index (χ0v) is 17.3. The normalized spacial score (nSPS) is 10.8. The van der Waals surface area contributed by atoms with E-state index >= 15 is 0 Å². The van der Waals surface area contributed by atoms with Gasteiger partial charge in [0, 0.05) is 22.4 Å². The number of ether oxygens (including phenoxy) is 2. The summed E-state index contributed by atoms with van der Waals surface area (Å²) in [6.07, 6.45) is 4.63. The first-order chi connectivity index (χ1) is 13.0. The Kier molecular flexibility index (Phi) is 6.23. The number of aromatic nitrogens is 2. The van der Waals surface area contributed by atoms with Crippen molar-refractivity contribution in [2.45, 2.75) is 19.9 Å². The Balaban J connectivity index is 1.74.